The smallest absolute Gasteiger partial charge is 0.276 e. The predicted octanol–water partition coefficient (Wildman–Crippen LogP) is 0.387. The zero-order valence-corrected chi connectivity index (χ0v) is 12.8. The second-order valence-electron chi connectivity index (χ2n) is 6.13. The first-order valence-corrected chi connectivity index (χ1v) is 7.94. The lowest BCUT2D eigenvalue weighted by atomic mass is 9.89. The summed E-state index contributed by atoms with van der Waals surface area (Å²) in [7, 11) is 0. The summed E-state index contributed by atoms with van der Waals surface area (Å²) >= 11 is 0. The molecule has 0 bridgehead atoms. The SMILES string of the molecule is O=C(c1cn([C@@H]2CC[C@H]2O)nn1)N1CCCN(CC(F)F)CC1. The fourth-order valence-corrected chi connectivity index (χ4v) is 3.02. The fraction of sp³-hybridized carbons (Fsp3) is 0.786. The van der Waals surface area contributed by atoms with Crippen LogP contribution in [0.25, 0.3) is 0 Å². The molecule has 0 unspecified atom stereocenters. The molecule has 2 heterocycles. The van der Waals surface area contributed by atoms with E-state index in [4.69, 9.17) is 0 Å². The lowest BCUT2D eigenvalue weighted by molar-refractivity contribution is 0.0244. The molecule has 1 aliphatic heterocycles. The van der Waals surface area contributed by atoms with E-state index in [1.807, 2.05) is 0 Å². The van der Waals surface area contributed by atoms with Crippen molar-refractivity contribution in [1.29, 1.82) is 0 Å². The van der Waals surface area contributed by atoms with E-state index in [0.29, 0.717) is 32.6 Å². The van der Waals surface area contributed by atoms with Crippen molar-refractivity contribution in [2.24, 2.45) is 0 Å². The first-order chi connectivity index (χ1) is 11.0. The highest BCUT2D eigenvalue weighted by Crippen LogP contribution is 2.31. The number of hydrogen-bond acceptors (Lipinski definition) is 5. The van der Waals surface area contributed by atoms with Crippen molar-refractivity contribution in [3.8, 4) is 0 Å². The quantitative estimate of drug-likeness (QED) is 0.865. The third-order valence-corrected chi connectivity index (χ3v) is 4.54. The molecule has 1 saturated carbocycles. The van der Waals surface area contributed by atoms with Gasteiger partial charge in [-0.1, -0.05) is 5.21 Å². The summed E-state index contributed by atoms with van der Waals surface area (Å²) in [4.78, 5) is 15.8. The molecule has 1 amide bonds. The zero-order chi connectivity index (χ0) is 16.4. The van der Waals surface area contributed by atoms with Crippen LogP contribution in [-0.2, 0) is 0 Å². The second kappa shape index (κ2) is 6.88. The van der Waals surface area contributed by atoms with Gasteiger partial charge in [-0.3, -0.25) is 9.69 Å². The van der Waals surface area contributed by atoms with Crippen molar-refractivity contribution in [3.63, 3.8) is 0 Å². The van der Waals surface area contributed by atoms with Gasteiger partial charge in [0.05, 0.1) is 24.9 Å². The van der Waals surface area contributed by atoms with Crippen molar-refractivity contribution in [2.75, 3.05) is 32.7 Å². The summed E-state index contributed by atoms with van der Waals surface area (Å²) in [5.41, 5.74) is 0.242. The van der Waals surface area contributed by atoms with Crippen molar-refractivity contribution in [1.82, 2.24) is 24.8 Å². The summed E-state index contributed by atoms with van der Waals surface area (Å²) < 4.78 is 26.5. The van der Waals surface area contributed by atoms with Gasteiger partial charge in [0.1, 0.15) is 0 Å². The van der Waals surface area contributed by atoms with Crippen molar-refractivity contribution in [3.05, 3.63) is 11.9 Å². The molecule has 1 aliphatic carbocycles. The number of nitrogens with zero attached hydrogens (tertiary/aromatic N) is 5. The average molecular weight is 329 g/mol. The van der Waals surface area contributed by atoms with Crippen LogP contribution in [0.3, 0.4) is 0 Å². The average Bonchev–Trinajstić information content (AvgIpc) is 2.84. The van der Waals surface area contributed by atoms with E-state index >= 15 is 0 Å². The van der Waals surface area contributed by atoms with Crippen LogP contribution in [0, 0.1) is 0 Å². The molecule has 1 N–H and O–H groups in total. The molecular weight excluding hydrogens is 308 g/mol. The maximum atomic E-state index is 12.5. The summed E-state index contributed by atoms with van der Waals surface area (Å²) in [6, 6.07) is -0.102. The van der Waals surface area contributed by atoms with Gasteiger partial charge in [0.15, 0.2) is 5.69 Å². The third-order valence-electron chi connectivity index (χ3n) is 4.54. The number of amides is 1. The van der Waals surface area contributed by atoms with Crippen LogP contribution in [0.2, 0.25) is 0 Å². The molecule has 128 valence electrons. The van der Waals surface area contributed by atoms with Crippen LogP contribution in [0.4, 0.5) is 8.78 Å². The van der Waals surface area contributed by atoms with Crippen LogP contribution in [0.5, 0.6) is 0 Å². The minimum Gasteiger partial charge on any atom is -0.391 e. The van der Waals surface area contributed by atoms with E-state index in [-0.39, 0.29) is 24.2 Å². The van der Waals surface area contributed by atoms with Gasteiger partial charge in [-0.2, -0.15) is 0 Å². The van der Waals surface area contributed by atoms with Gasteiger partial charge in [-0.05, 0) is 19.3 Å². The molecule has 2 atom stereocenters. The predicted molar refractivity (Wildman–Crippen MR) is 77.3 cm³/mol. The first-order valence-electron chi connectivity index (χ1n) is 7.94. The summed E-state index contributed by atoms with van der Waals surface area (Å²) in [6.07, 6.45) is 1.00. The molecular formula is C14H21F2N5O2. The molecule has 1 saturated heterocycles. The number of aliphatic hydroxyl groups excluding tert-OH is 1. The van der Waals surface area contributed by atoms with Gasteiger partial charge in [0.25, 0.3) is 12.3 Å². The van der Waals surface area contributed by atoms with E-state index in [9.17, 15) is 18.7 Å². The molecule has 1 aromatic heterocycles. The molecule has 23 heavy (non-hydrogen) atoms. The molecule has 0 aromatic carbocycles. The van der Waals surface area contributed by atoms with Crippen molar-refractivity contribution in [2.45, 2.75) is 37.8 Å². The van der Waals surface area contributed by atoms with Crippen molar-refractivity contribution < 1.29 is 18.7 Å². The Morgan fingerprint density at radius 3 is 2.78 bits per heavy atom. The molecule has 9 heteroatoms. The number of halogens is 2. The summed E-state index contributed by atoms with van der Waals surface area (Å²) in [5, 5.41) is 17.5. The Kier molecular flexibility index (Phi) is 4.86. The molecule has 0 spiro atoms. The topological polar surface area (TPSA) is 74.5 Å². The fourth-order valence-electron chi connectivity index (χ4n) is 3.02. The number of aliphatic hydroxyl groups is 1. The number of carbonyl (C=O) groups is 1. The van der Waals surface area contributed by atoms with Crippen molar-refractivity contribution >= 4 is 5.91 Å². The molecule has 1 aromatic rings. The third kappa shape index (κ3) is 3.66. The lowest BCUT2D eigenvalue weighted by Crippen LogP contribution is -2.36. The summed E-state index contributed by atoms with van der Waals surface area (Å²) in [5.74, 6) is -0.232. The van der Waals surface area contributed by atoms with E-state index in [0.717, 1.165) is 12.8 Å². The molecule has 2 fully saturated rings. The van der Waals surface area contributed by atoms with Crippen LogP contribution < -0.4 is 0 Å². The Morgan fingerprint density at radius 2 is 2.13 bits per heavy atom. The highest BCUT2D eigenvalue weighted by Gasteiger charge is 2.32. The Bertz CT molecular complexity index is 553. The van der Waals surface area contributed by atoms with Gasteiger partial charge in [0, 0.05) is 26.2 Å². The van der Waals surface area contributed by atoms with E-state index in [1.54, 1.807) is 20.7 Å². The van der Waals surface area contributed by atoms with E-state index < -0.39 is 12.5 Å². The Hall–Kier alpha value is -1.61. The minimum absolute atomic E-state index is 0.102. The van der Waals surface area contributed by atoms with E-state index in [2.05, 4.69) is 10.3 Å². The van der Waals surface area contributed by atoms with Gasteiger partial charge in [0.2, 0.25) is 0 Å². The second-order valence-corrected chi connectivity index (χ2v) is 6.13. The van der Waals surface area contributed by atoms with E-state index in [1.165, 1.54) is 0 Å². The maximum Gasteiger partial charge on any atom is 0.276 e. The first kappa shape index (κ1) is 16.3. The molecule has 2 aliphatic rings. The largest absolute Gasteiger partial charge is 0.391 e. The monoisotopic (exact) mass is 329 g/mol. The zero-order valence-electron chi connectivity index (χ0n) is 12.8. The normalized spacial score (nSPS) is 26.2. The van der Waals surface area contributed by atoms with Gasteiger partial charge in [-0.25, -0.2) is 13.5 Å². The standard InChI is InChI=1S/C14H21F2N5O2/c15-13(16)9-19-4-1-5-20(7-6-19)14(23)10-8-21(18-17-10)11-2-3-12(11)22/h8,11-13,22H,1-7,9H2/t11-,12-/m1/s1. The maximum absolute atomic E-state index is 12.5. The Labute approximate surface area is 132 Å². The van der Waals surface area contributed by atoms with Gasteiger partial charge >= 0.3 is 0 Å². The Balaban J connectivity index is 1.59. The molecule has 0 radical (unpaired) electrons. The van der Waals surface area contributed by atoms with Crippen LogP contribution in [0.1, 0.15) is 35.8 Å². The number of rotatable bonds is 4. The number of alkyl halides is 2. The minimum atomic E-state index is -2.36. The highest BCUT2D eigenvalue weighted by molar-refractivity contribution is 5.91. The molecule has 7 nitrogen and oxygen atoms in total. The Morgan fingerprint density at radius 1 is 1.30 bits per heavy atom. The number of carbonyl (C=O) groups excluding carboxylic acids is 1. The van der Waals surface area contributed by atoms with Crippen LogP contribution >= 0.6 is 0 Å². The van der Waals surface area contributed by atoms with Crippen LogP contribution in [-0.4, -0.2) is 81.1 Å². The summed E-state index contributed by atoms with van der Waals surface area (Å²) in [6.45, 7) is 1.68. The molecule has 3 rings (SSSR count). The van der Waals surface area contributed by atoms with Crippen LogP contribution in [0.15, 0.2) is 6.20 Å². The van der Waals surface area contributed by atoms with Gasteiger partial charge in [-0.15, -0.1) is 5.10 Å². The number of hydrogen-bond donors (Lipinski definition) is 1. The highest BCUT2D eigenvalue weighted by atomic mass is 19.3. The lowest BCUT2D eigenvalue weighted by Gasteiger charge is -2.31. The van der Waals surface area contributed by atoms with Gasteiger partial charge < -0.3 is 10.0 Å². The number of aromatic nitrogens is 3.